The molecule has 0 unspecified atom stereocenters. The quantitative estimate of drug-likeness (QED) is 0.855. The third-order valence-corrected chi connectivity index (χ3v) is 4.33. The van der Waals surface area contributed by atoms with Crippen molar-refractivity contribution in [3.05, 3.63) is 29.8 Å². The first-order valence-corrected chi connectivity index (χ1v) is 6.64. The van der Waals surface area contributed by atoms with E-state index in [9.17, 15) is 21.6 Å². The molecular formula is C11H11F3N2O2S. The summed E-state index contributed by atoms with van der Waals surface area (Å²) in [6.45, 7) is -0.162. The fourth-order valence-corrected chi connectivity index (χ4v) is 2.80. The maximum atomic E-state index is 12.8. The van der Waals surface area contributed by atoms with Gasteiger partial charge in [0.2, 0.25) is 10.0 Å². The standard InChI is InChI=1S/C11H11F3N2O2S/c1-16(8-4-7-15)19(17,18)10-6-3-2-5-9(10)11(12,13)14/h2-3,5-6H,4,8H2,1H3. The van der Waals surface area contributed by atoms with Crippen molar-refractivity contribution >= 4 is 10.0 Å². The van der Waals surface area contributed by atoms with E-state index in [1.54, 1.807) is 6.07 Å². The van der Waals surface area contributed by atoms with Gasteiger partial charge in [-0.2, -0.15) is 22.7 Å². The van der Waals surface area contributed by atoms with E-state index >= 15 is 0 Å². The topological polar surface area (TPSA) is 61.2 Å². The zero-order valence-electron chi connectivity index (χ0n) is 9.98. The van der Waals surface area contributed by atoms with E-state index in [0.717, 1.165) is 23.5 Å². The first-order chi connectivity index (χ1) is 8.71. The monoisotopic (exact) mass is 292 g/mol. The summed E-state index contributed by atoms with van der Waals surface area (Å²) in [5.74, 6) is 0. The van der Waals surface area contributed by atoms with Crippen LogP contribution < -0.4 is 0 Å². The lowest BCUT2D eigenvalue weighted by molar-refractivity contribution is -0.139. The molecule has 1 aromatic carbocycles. The van der Waals surface area contributed by atoms with E-state index in [-0.39, 0.29) is 13.0 Å². The fourth-order valence-electron chi connectivity index (χ4n) is 1.42. The van der Waals surface area contributed by atoms with E-state index in [4.69, 9.17) is 5.26 Å². The Kier molecular flexibility index (Phi) is 4.55. The van der Waals surface area contributed by atoms with Crippen LogP contribution in [0, 0.1) is 11.3 Å². The molecule has 0 aromatic heterocycles. The van der Waals surface area contributed by atoms with Gasteiger partial charge in [0.1, 0.15) is 0 Å². The maximum absolute atomic E-state index is 12.8. The Balaban J connectivity index is 3.27. The highest BCUT2D eigenvalue weighted by molar-refractivity contribution is 7.89. The molecule has 0 aliphatic rings. The second-order valence-corrected chi connectivity index (χ2v) is 5.74. The Labute approximate surface area is 109 Å². The molecule has 4 nitrogen and oxygen atoms in total. The third kappa shape index (κ3) is 3.45. The minimum Gasteiger partial charge on any atom is -0.207 e. The van der Waals surface area contributed by atoms with Crippen LogP contribution in [0.15, 0.2) is 29.2 Å². The summed E-state index contributed by atoms with van der Waals surface area (Å²) in [5, 5.41) is 8.38. The van der Waals surface area contributed by atoms with Crippen molar-refractivity contribution in [2.45, 2.75) is 17.5 Å². The van der Waals surface area contributed by atoms with E-state index in [0.29, 0.717) is 6.07 Å². The summed E-state index contributed by atoms with van der Waals surface area (Å²) in [6, 6.07) is 5.70. The van der Waals surface area contributed by atoms with Gasteiger partial charge in [0.25, 0.3) is 0 Å². The number of alkyl halides is 3. The van der Waals surface area contributed by atoms with Gasteiger partial charge in [0.15, 0.2) is 0 Å². The van der Waals surface area contributed by atoms with E-state index < -0.39 is 26.7 Å². The smallest absolute Gasteiger partial charge is 0.207 e. The average molecular weight is 292 g/mol. The lowest BCUT2D eigenvalue weighted by Gasteiger charge is -2.19. The molecule has 104 valence electrons. The minimum atomic E-state index is -4.75. The number of nitriles is 1. The molecule has 1 aromatic rings. The lowest BCUT2D eigenvalue weighted by Crippen LogP contribution is -2.29. The summed E-state index contributed by atoms with van der Waals surface area (Å²) < 4.78 is 63.1. The molecule has 0 saturated carbocycles. The molecule has 0 aliphatic carbocycles. The van der Waals surface area contributed by atoms with Gasteiger partial charge < -0.3 is 0 Å². The Hall–Kier alpha value is -1.59. The van der Waals surface area contributed by atoms with E-state index in [2.05, 4.69) is 0 Å². The van der Waals surface area contributed by atoms with Crippen LogP contribution in [0.1, 0.15) is 12.0 Å². The summed E-state index contributed by atoms with van der Waals surface area (Å²) in [7, 11) is -3.12. The molecule has 8 heteroatoms. The van der Waals surface area contributed by atoms with Gasteiger partial charge in [-0.25, -0.2) is 8.42 Å². The molecule has 0 N–H and O–H groups in total. The summed E-state index contributed by atoms with van der Waals surface area (Å²) in [5.41, 5.74) is -1.21. The Bertz CT molecular complexity index is 591. The molecule has 19 heavy (non-hydrogen) atoms. The summed E-state index contributed by atoms with van der Waals surface area (Å²) in [4.78, 5) is -0.803. The Morgan fingerprint density at radius 3 is 2.42 bits per heavy atom. The first-order valence-electron chi connectivity index (χ1n) is 5.20. The van der Waals surface area contributed by atoms with Crippen molar-refractivity contribution in [1.82, 2.24) is 4.31 Å². The molecule has 0 atom stereocenters. The molecular weight excluding hydrogens is 281 g/mol. The highest BCUT2D eigenvalue weighted by Gasteiger charge is 2.37. The SMILES string of the molecule is CN(CCC#N)S(=O)(=O)c1ccccc1C(F)(F)F. The van der Waals surface area contributed by atoms with Crippen molar-refractivity contribution in [3.63, 3.8) is 0 Å². The van der Waals surface area contributed by atoms with Crippen LogP contribution >= 0.6 is 0 Å². The van der Waals surface area contributed by atoms with Gasteiger partial charge in [0.05, 0.1) is 16.5 Å². The van der Waals surface area contributed by atoms with Gasteiger partial charge in [0, 0.05) is 20.0 Å². The molecule has 0 fully saturated rings. The number of benzene rings is 1. The summed E-state index contributed by atoms with van der Waals surface area (Å²) in [6.07, 6.45) is -4.84. The Morgan fingerprint density at radius 1 is 1.32 bits per heavy atom. The molecule has 0 amide bonds. The number of sulfonamides is 1. The highest BCUT2D eigenvalue weighted by Crippen LogP contribution is 2.34. The number of rotatable bonds is 4. The van der Waals surface area contributed by atoms with Crippen LogP contribution in [0.5, 0.6) is 0 Å². The van der Waals surface area contributed by atoms with Crippen LogP contribution in [0.25, 0.3) is 0 Å². The van der Waals surface area contributed by atoms with Crippen molar-refractivity contribution in [2.75, 3.05) is 13.6 Å². The van der Waals surface area contributed by atoms with E-state index in [1.807, 2.05) is 0 Å². The average Bonchev–Trinajstić information content (AvgIpc) is 2.34. The minimum absolute atomic E-state index is 0.0933. The molecule has 0 heterocycles. The van der Waals surface area contributed by atoms with Crippen molar-refractivity contribution in [1.29, 1.82) is 5.26 Å². The van der Waals surface area contributed by atoms with E-state index in [1.165, 1.54) is 6.07 Å². The van der Waals surface area contributed by atoms with Crippen LogP contribution in [-0.2, 0) is 16.2 Å². The molecule has 0 bridgehead atoms. The summed E-state index contributed by atoms with van der Waals surface area (Å²) >= 11 is 0. The third-order valence-electron chi connectivity index (χ3n) is 2.42. The second-order valence-electron chi connectivity index (χ2n) is 3.73. The molecule has 0 aliphatic heterocycles. The first kappa shape index (κ1) is 15.5. The van der Waals surface area contributed by atoms with Gasteiger partial charge >= 0.3 is 6.18 Å². The second kappa shape index (κ2) is 5.59. The van der Waals surface area contributed by atoms with Gasteiger partial charge in [-0.05, 0) is 12.1 Å². The maximum Gasteiger partial charge on any atom is 0.417 e. The highest BCUT2D eigenvalue weighted by atomic mass is 32.2. The van der Waals surface area contributed by atoms with Crippen LogP contribution in [0.4, 0.5) is 13.2 Å². The van der Waals surface area contributed by atoms with Crippen molar-refractivity contribution in [2.24, 2.45) is 0 Å². The number of halogens is 3. The molecule has 0 radical (unpaired) electrons. The molecule has 0 spiro atoms. The normalized spacial score (nSPS) is 12.4. The lowest BCUT2D eigenvalue weighted by atomic mass is 10.2. The van der Waals surface area contributed by atoms with Crippen LogP contribution in [0.2, 0.25) is 0 Å². The number of hydrogen-bond acceptors (Lipinski definition) is 3. The zero-order chi connectivity index (χ0) is 14.7. The zero-order valence-corrected chi connectivity index (χ0v) is 10.8. The molecule has 1 rings (SSSR count). The van der Waals surface area contributed by atoms with Crippen LogP contribution in [-0.4, -0.2) is 26.3 Å². The van der Waals surface area contributed by atoms with Gasteiger partial charge in [-0.15, -0.1) is 0 Å². The van der Waals surface area contributed by atoms with Crippen LogP contribution in [0.3, 0.4) is 0 Å². The van der Waals surface area contributed by atoms with Gasteiger partial charge in [-0.1, -0.05) is 12.1 Å². The Morgan fingerprint density at radius 2 is 1.89 bits per heavy atom. The largest absolute Gasteiger partial charge is 0.417 e. The predicted octanol–water partition coefficient (Wildman–Crippen LogP) is 2.24. The predicted molar refractivity (Wildman–Crippen MR) is 61.5 cm³/mol. The van der Waals surface area contributed by atoms with Crippen molar-refractivity contribution < 1.29 is 21.6 Å². The van der Waals surface area contributed by atoms with Gasteiger partial charge in [-0.3, -0.25) is 0 Å². The number of hydrogen-bond donors (Lipinski definition) is 0. The number of nitrogens with zero attached hydrogens (tertiary/aromatic N) is 2. The molecule has 0 saturated heterocycles. The van der Waals surface area contributed by atoms with Crippen molar-refractivity contribution in [3.8, 4) is 6.07 Å². The fraction of sp³-hybridized carbons (Fsp3) is 0.364.